The normalized spacial score (nSPS) is 21.4. The van der Waals surface area contributed by atoms with Crippen LogP contribution in [0.3, 0.4) is 0 Å². The lowest BCUT2D eigenvalue weighted by atomic mass is 10.1. The van der Waals surface area contributed by atoms with Gasteiger partial charge in [-0.25, -0.2) is 14.4 Å². The summed E-state index contributed by atoms with van der Waals surface area (Å²) in [7, 11) is 1.24. The van der Waals surface area contributed by atoms with Gasteiger partial charge in [0.1, 0.15) is 36.2 Å². The fraction of sp³-hybridized carbons (Fsp3) is 0.308. The lowest BCUT2D eigenvalue weighted by molar-refractivity contribution is -0.157. The van der Waals surface area contributed by atoms with Gasteiger partial charge in [0.05, 0.1) is 12.7 Å². The van der Waals surface area contributed by atoms with Crippen molar-refractivity contribution in [3.05, 3.63) is 98.8 Å². The number of carbonyl (C=O) groups excluding carboxylic acids is 2. The minimum Gasteiger partial charge on any atom is -0.465 e. The fourth-order valence-electron chi connectivity index (χ4n) is 3.95. The third kappa shape index (κ3) is 5.99. The van der Waals surface area contributed by atoms with E-state index in [1.807, 2.05) is 0 Å². The Morgan fingerprint density at radius 3 is 2.47 bits per heavy atom. The lowest BCUT2D eigenvalue weighted by Gasteiger charge is -2.26. The Kier molecular flexibility index (Phi) is 8.36. The number of carbonyl (C=O) groups is 2. The lowest BCUT2D eigenvalue weighted by Crippen LogP contribution is -2.42. The Labute approximate surface area is 216 Å². The van der Waals surface area contributed by atoms with Gasteiger partial charge in [-0.2, -0.15) is 0 Å². The summed E-state index contributed by atoms with van der Waals surface area (Å²) >= 11 is 0. The van der Waals surface area contributed by atoms with Crippen molar-refractivity contribution in [3.8, 4) is 5.75 Å². The molecule has 1 unspecified atom stereocenters. The van der Waals surface area contributed by atoms with Crippen molar-refractivity contribution in [3.63, 3.8) is 0 Å². The molecule has 5 atom stereocenters. The van der Waals surface area contributed by atoms with Crippen molar-refractivity contribution in [2.24, 2.45) is 0 Å². The second-order valence-electron chi connectivity index (χ2n) is 8.31. The Morgan fingerprint density at radius 1 is 1.05 bits per heavy atom. The number of aromatic nitrogens is 2. The zero-order valence-electron chi connectivity index (χ0n) is 20.5. The van der Waals surface area contributed by atoms with Crippen LogP contribution in [0.5, 0.6) is 5.75 Å². The van der Waals surface area contributed by atoms with Crippen LogP contribution in [0.15, 0.2) is 76.4 Å². The number of hydrogen-bond donors (Lipinski definition) is 2. The first-order valence-corrected chi connectivity index (χ1v) is 11.6. The van der Waals surface area contributed by atoms with Gasteiger partial charge < -0.3 is 28.8 Å². The molecule has 0 saturated carbocycles. The first-order valence-electron chi connectivity index (χ1n) is 11.6. The molecule has 1 saturated heterocycles. The third-order valence-electron chi connectivity index (χ3n) is 5.76. The third-order valence-corrected chi connectivity index (χ3v) is 5.76. The van der Waals surface area contributed by atoms with Gasteiger partial charge in [0.25, 0.3) is 5.56 Å². The van der Waals surface area contributed by atoms with Gasteiger partial charge in [-0.15, -0.1) is 0 Å². The van der Waals surface area contributed by atoms with E-state index in [0.717, 1.165) is 10.6 Å². The van der Waals surface area contributed by atoms with Crippen LogP contribution < -0.4 is 16.0 Å². The van der Waals surface area contributed by atoms with E-state index >= 15 is 0 Å². The number of para-hydroxylation sites is 1. The molecule has 38 heavy (non-hydrogen) atoms. The summed E-state index contributed by atoms with van der Waals surface area (Å²) in [4.78, 5) is 50.6. The van der Waals surface area contributed by atoms with Gasteiger partial charge in [-0.05, 0) is 31.2 Å². The van der Waals surface area contributed by atoms with Crippen LogP contribution in [-0.2, 0) is 18.9 Å². The van der Waals surface area contributed by atoms with E-state index in [0.29, 0.717) is 5.56 Å². The maximum atomic E-state index is 12.5. The summed E-state index contributed by atoms with van der Waals surface area (Å²) in [5.41, 5.74) is -0.943. The quantitative estimate of drug-likeness (QED) is 0.307. The molecule has 12 heteroatoms. The Hall–Kier alpha value is -4.26. The number of nitrogens with zero attached hydrogens (tertiary/aromatic N) is 1. The smallest absolute Gasteiger partial charge is 0.341 e. The summed E-state index contributed by atoms with van der Waals surface area (Å²) < 4.78 is 28.7. The zero-order valence-corrected chi connectivity index (χ0v) is 20.5. The van der Waals surface area contributed by atoms with Crippen LogP contribution in [0.2, 0.25) is 0 Å². The largest absolute Gasteiger partial charge is 0.465 e. The molecule has 2 aromatic carbocycles. The summed E-state index contributed by atoms with van der Waals surface area (Å²) in [6.07, 6.45) is -4.70. The highest BCUT2D eigenvalue weighted by molar-refractivity contribution is 5.92. The summed E-state index contributed by atoms with van der Waals surface area (Å²) in [5.74, 6) is -1.07. The number of benzene rings is 2. The molecule has 0 bridgehead atoms. The highest BCUT2D eigenvalue weighted by atomic mass is 16.7. The van der Waals surface area contributed by atoms with Crippen LogP contribution in [0.1, 0.15) is 33.9 Å². The van der Waals surface area contributed by atoms with Gasteiger partial charge >= 0.3 is 17.6 Å². The molecule has 0 amide bonds. The van der Waals surface area contributed by atoms with E-state index < -0.39 is 54.0 Å². The summed E-state index contributed by atoms with van der Waals surface area (Å²) in [6.45, 7) is 1.18. The zero-order chi connectivity index (χ0) is 27.2. The number of rotatable bonds is 9. The molecule has 1 aliphatic heterocycles. The second-order valence-corrected chi connectivity index (χ2v) is 8.31. The maximum Gasteiger partial charge on any atom is 0.341 e. The van der Waals surface area contributed by atoms with E-state index in [1.165, 1.54) is 26.3 Å². The molecule has 1 fully saturated rings. The number of nitrogens with one attached hydrogen (secondary N) is 1. The van der Waals surface area contributed by atoms with Crippen LogP contribution >= 0.6 is 0 Å². The number of aliphatic hydroxyl groups excluding tert-OH is 1. The van der Waals surface area contributed by atoms with Crippen molar-refractivity contribution in [1.82, 2.24) is 9.55 Å². The number of aliphatic hydroxyl groups is 1. The molecular formula is C26H26N2O10. The molecule has 0 radical (unpaired) electrons. The first kappa shape index (κ1) is 26.8. The van der Waals surface area contributed by atoms with E-state index in [-0.39, 0.29) is 17.9 Å². The number of ether oxygens (including phenoxy) is 5. The average molecular weight is 526 g/mol. The van der Waals surface area contributed by atoms with E-state index in [2.05, 4.69) is 4.98 Å². The van der Waals surface area contributed by atoms with Crippen LogP contribution in [0, 0.1) is 0 Å². The number of aromatic amines is 1. The van der Waals surface area contributed by atoms with Gasteiger partial charge in [-0.1, -0.05) is 30.3 Å². The van der Waals surface area contributed by atoms with Crippen LogP contribution in [0.25, 0.3) is 0 Å². The number of hydrogen-bond acceptors (Lipinski definition) is 10. The standard InChI is InChI=1S/C26H26N2O10/c1-15(36-18-11-7-6-10-17(18)25(32)34-2)37-22-21(30)19(14-35-24(31)16-8-4-3-5-9-16)38-23(22)28-13-12-20(29)27-26(28)33/h3-13,15,19,21-23,30H,14H2,1-2H3,(H,27,29,33)/t15?,19-,21-,22-,23-/m1/s1. The van der Waals surface area contributed by atoms with Crippen molar-refractivity contribution >= 4 is 11.9 Å². The Balaban J connectivity index is 1.54. The molecule has 0 spiro atoms. The topological polar surface area (TPSA) is 155 Å². The SMILES string of the molecule is COC(=O)c1ccccc1OC(C)O[C@@H]1[C@H](O)[C@@H](COC(=O)c2ccccc2)O[C@H]1n1ccc(=O)[nH]c1=O. The molecule has 3 aromatic rings. The van der Waals surface area contributed by atoms with Crippen molar-refractivity contribution in [2.45, 2.75) is 37.8 Å². The minimum atomic E-state index is -1.37. The van der Waals surface area contributed by atoms with Crippen molar-refractivity contribution in [1.29, 1.82) is 0 Å². The van der Waals surface area contributed by atoms with E-state index in [1.54, 1.807) is 48.5 Å². The van der Waals surface area contributed by atoms with Crippen molar-refractivity contribution < 1.29 is 38.4 Å². The minimum absolute atomic E-state index is 0.160. The number of methoxy groups -OCH3 is 1. The van der Waals surface area contributed by atoms with Crippen LogP contribution in [0.4, 0.5) is 0 Å². The molecule has 2 N–H and O–H groups in total. The summed E-state index contributed by atoms with van der Waals surface area (Å²) in [5, 5.41) is 11.0. The monoisotopic (exact) mass is 526 g/mol. The Bertz CT molecular complexity index is 1390. The highest BCUT2D eigenvalue weighted by Crippen LogP contribution is 2.33. The first-order chi connectivity index (χ1) is 18.3. The average Bonchev–Trinajstić information content (AvgIpc) is 3.22. The molecule has 1 aromatic heterocycles. The number of H-pyrrole nitrogens is 1. The molecule has 200 valence electrons. The fourth-order valence-corrected chi connectivity index (χ4v) is 3.95. The van der Waals surface area contributed by atoms with Gasteiger partial charge in [0, 0.05) is 12.3 Å². The second kappa shape index (κ2) is 11.9. The maximum absolute atomic E-state index is 12.5. The van der Waals surface area contributed by atoms with Gasteiger partial charge in [0.2, 0.25) is 0 Å². The Morgan fingerprint density at radius 2 is 1.76 bits per heavy atom. The highest BCUT2D eigenvalue weighted by Gasteiger charge is 2.47. The van der Waals surface area contributed by atoms with E-state index in [4.69, 9.17) is 23.7 Å². The predicted molar refractivity (Wildman–Crippen MR) is 131 cm³/mol. The van der Waals surface area contributed by atoms with E-state index in [9.17, 15) is 24.3 Å². The van der Waals surface area contributed by atoms with Crippen LogP contribution in [-0.4, -0.2) is 64.9 Å². The van der Waals surface area contributed by atoms with Gasteiger partial charge in [0.15, 0.2) is 12.5 Å². The molecular weight excluding hydrogens is 500 g/mol. The predicted octanol–water partition coefficient (Wildman–Crippen LogP) is 1.25. The molecule has 4 rings (SSSR count). The molecule has 1 aliphatic rings. The van der Waals surface area contributed by atoms with Crippen molar-refractivity contribution in [2.75, 3.05) is 13.7 Å². The molecule has 12 nitrogen and oxygen atoms in total. The molecule has 2 heterocycles. The number of esters is 2. The molecule has 0 aliphatic carbocycles. The van der Waals surface area contributed by atoms with Gasteiger partial charge in [-0.3, -0.25) is 14.3 Å². The summed E-state index contributed by atoms with van der Waals surface area (Å²) in [6, 6.07) is 15.7.